The predicted octanol–water partition coefficient (Wildman–Crippen LogP) is 2.19. The van der Waals surface area contributed by atoms with Crippen molar-refractivity contribution in [2.24, 2.45) is 0 Å². The molecule has 0 amide bonds. The van der Waals surface area contributed by atoms with Crippen molar-refractivity contribution >= 4 is 28.5 Å². The van der Waals surface area contributed by atoms with E-state index in [0.29, 0.717) is 10.9 Å². The van der Waals surface area contributed by atoms with E-state index < -0.39 is 10.9 Å². The van der Waals surface area contributed by atoms with Gasteiger partial charge in [-0.15, -0.1) is 0 Å². The van der Waals surface area contributed by atoms with Gasteiger partial charge in [0.2, 0.25) is 5.15 Å². The van der Waals surface area contributed by atoms with Gasteiger partial charge in [-0.05, 0) is 28.7 Å². The minimum Gasteiger partial charge on any atom is -0.390 e. The predicted molar refractivity (Wildman–Crippen MR) is 51.2 cm³/mol. The average Bonchev–Trinajstić information content (AvgIpc) is 2.17. The van der Waals surface area contributed by atoms with Crippen LogP contribution in [0, 0.1) is 10.1 Å². The molecule has 0 saturated carbocycles. The number of hydrogen-bond acceptors (Lipinski definition) is 4. The fraction of sp³-hybridized carbons (Fsp3) is 0. The summed E-state index contributed by atoms with van der Waals surface area (Å²) in [5.74, 6) is -0.478. The van der Waals surface area contributed by atoms with Crippen LogP contribution in [0.1, 0.15) is 0 Å². The molecule has 1 aromatic heterocycles. The molecule has 0 bridgehead atoms. The van der Waals surface area contributed by atoms with E-state index in [1.807, 2.05) is 0 Å². The smallest absolute Gasteiger partial charge is 0.390 e. The molecular weight excluding hydrogens is 206 g/mol. The van der Waals surface area contributed by atoms with Crippen molar-refractivity contribution in [1.82, 2.24) is 9.97 Å². The number of aromatic nitrogens is 2. The van der Waals surface area contributed by atoms with E-state index in [0.717, 1.165) is 0 Å². The Morgan fingerprint density at radius 2 is 2.00 bits per heavy atom. The van der Waals surface area contributed by atoms with Gasteiger partial charge in [0, 0.05) is 0 Å². The van der Waals surface area contributed by atoms with Gasteiger partial charge in [0.05, 0.1) is 5.39 Å². The summed E-state index contributed by atoms with van der Waals surface area (Å²) in [4.78, 5) is 17.0. The fourth-order valence-electron chi connectivity index (χ4n) is 1.11. The molecule has 0 spiro atoms. The zero-order valence-corrected chi connectivity index (χ0v) is 7.60. The van der Waals surface area contributed by atoms with Crippen molar-refractivity contribution in [3.8, 4) is 0 Å². The first-order chi connectivity index (χ1) is 6.68. The Hall–Kier alpha value is -1.75. The second kappa shape index (κ2) is 3.19. The summed E-state index contributed by atoms with van der Waals surface area (Å²) in [6.45, 7) is 0. The molecule has 6 heteroatoms. The van der Waals surface area contributed by atoms with Crippen LogP contribution in [0.15, 0.2) is 24.3 Å². The third kappa shape index (κ3) is 1.38. The molecule has 0 aliphatic carbocycles. The molecule has 2 rings (SSSR count). The summed E-state index contributed by atoms with van der Waals surface area (Å²) in [5.41, 5.74) is 0.471. The summed E-state index contributed by atoms with van der Waals surface area (Å²) in [6.07, 6.45) is 0. The summed E-state index contributed by atoms with van der Waals surface area (Å²) in [6, 6.07) is 6.86. The lowest BCUT2D eigenvalue weighted by molar-refractivity contribution is -0.394. The number of halogens is 1. The molecule has 1 aromatic carbocycles. The van der Waals surface area contributed by atoms with E-state index in [1.54, 1.807) is 24.3 Å². The maximum atomic E-state index is 10.4. The van der Waals surface area contributed by atoms with Crippen LogP contribution in [-0.2, 0) is 0 Å². The maximum absolute atomic E-state index is 10.4. The highest BCUT2D eigenvalue weighted by Gasteiger charge is 2.15. The minimum absolute atomic E-state index is 0.0994. The van der Waals surface area contributed by atoms with Crippen molar-refractivity contribution in [3.05, 3.63) is 39.5 Å². The van der Waals surface area contributed by atoms with E-state index in [-0.39, 0.29) is 5.15 Å². The molecule has 2 aromatic rings. The van der Waals surface area contributed by atoms with Crippen LogP contribution in [0.2, 0.25) is 5.15 Å². The quantitative estimate of drug-likeness (QED) is 0.410. The zero-order chi connectivity index (χ0) is 10.1. The third-order valence-electron chi connectivity index (χ3n) is 1.71. The van der Waals surface area contributed by atoms with Crippen LogP contribution in [0.5, 0.6) is 0 Å². The number of hydrogen-bond donors (Lipinski definition) is 0. The van der Waals surface area contributed by atoms with Gasteiger partial charge in [0.1, 0.15) is 0 Å². The van der Waals surface area contributed by atoms with E-state index in [4.69, 9.17) is 11.6 Å². The Bertz CT molecular complexity index is 515. The van der Waals surface area contributed by atoms with Crippen LogP contribution in [0.3, 0.4) is 0 Å². The third-order valence-corrected chi connectivity index (χ3v) is 2.00. The average molecular weight is 210 g/mol. The Morgan fingerprint density at radius 3 is 2.71 bits per heavy atom. The van der Waals surface area contributed by atoms with Gasteiger partial charge < -0.3 is 10.1 Å². The van der Waals surface area contributed by atoms with Crippen LogP contribution >= 0.6 is 11.6 Å². The van der Waals surface area contributed by atoms with Crippen molar-refractivity contribution in [2.45, 2.75) is 0 Å². The molecule has 70 valence electrons. The highest BCUT2D eigenvalue weighted by atomic mass is 35.5. The molecular formula is C8H4ClN3O2. The molecule has 0 radical (unpaired) electrons. The molecule has 0 aliphatic rings. The van der Waals surface area contributed by atoms with Gasteiger partial charge >= 0.3 is 5.95 Å². The van der Waals surface area contributed by atoms with Gasteiger partial charge in [0.25, 0.3) is 0 Å². The van der Waals surface area contributed by atoms with E-state index in [1.165, 1.54) is 0 Å². The first-order valence-corrected chi connectivity index (χ1v) is 4.13. The number of nitro groups is 1. The Morgan fingerprint density at radius 1 is 1.29 bits per heavy atom. The minimum atomic E-state index is -0.668. The van der Waals surface area contributed by atoms with Crippen molar-refractivity contribution in [3.63, 3.8) is 0 Å². The number of rotatable bonds is 1. The molecule has 0 N–H and O–H groups in total. The first-order valence-electron chi connectivity index (χ1n) is 3.75. The Kier molecular flexibility index (Phi) is 2.01. The normalized spacial score (nSPS) is 10.4. The Balaban J connectivity index is 2.78. The van der Waals surface area contributed by atoms with Gasteiger partial charge in [-0.2, -0.15) is 0 Å². The maximum Gasteiger partial charge on any atom is 0.470 e. The largest absolute Gasteiger partial charge is 0.470 e. The highest BCUT2D eigenvalue weighted by molar-refractivity contribution is 6.34. The fourth-order valence-corrected chi connectivity index (χ4v) is 1.34. The topological polar surface area (TPSA) is 68.9 Å². The molecule has 0 saturated heterocycles. The monoisotopic (exact) mass is 209 g/mol. The van der Waals surface area contributed by atoms with Crippen LogP contribution in [0.4, 0.5) is 5.95 Å². The highest BCUT2D eigenvalue weighted by Crippen LogP contribution is 2.21. The zero-order valence-electron chi connectivity index (χ0n) is 6.85. The molecule has 14 heavy (non-hydrogen) atoms. The molecule has 5 nitrogen and oxygen atoms in total. The molecule has 1 heterocycles. The second-order valence-electron chi connectivity index (χ2n) is 2.59. The first kappa shape index (κ1) is 8.83. The number of benzene rings is 1. The number of fused-ring (bicyclic) bond motifs is 1. The molecule has 0 unspecified atom stereocenters. The van der Waals surface area contributed by atoms with E-state index in [2.05, 4.69) is 9.97 Å². The standard InChI is InChI=1S/C8H4ClN3O2/c9-7-5-3-1-2-4-6(5)10-8(11-7)12(13)14/h1-4H. The summed E-state index contributed by atoms with van der Waals surface area (Å²) >= 11 is 5.75. The summed E-state index contributed by atoms with van der Waals surface area (Å²) < 4.78 is 0. The second-order valence-corrected chi connectivity index (χ2v) is 2.95. The number of para-hydroxylation sites is 1. The van der Waals surface area contributed by atoms with Crippen molar-refractivity contribution < 1.29 is 4.92 Å². The van der Waals surface area contributed by atoms with Gasteiger partial charge in [-0.25, -0.2) is 0 Å². The van der Waals surface area contributed by atoms with Crippen LogP contribution < -0.4 is 0 Å². The van der Waals surface area contributed by atoms with Gasteiger partial charge in [0.15, 0.2) is 5.52 Å². The van der Waals surface area contributed by atoms with Gasteiger partial charge in [-0.3, -0.25) is 0 Å². The molecule has 0 aliphatic heterocycles. The molecule has 0 atom stereocenters. The number of nitrogens with zero attached hydrogens (tertiary/aromatic N) is 3. The van der Waals surface area contributed by atoms with Crippen molar-refractivity contribution in [1.29, 1.82) is 0 Å². The Labute approximate surface area is 83.5 Å². The van der Waals surface area contributed by atoms with E-state index in [9.17, 15) is 10.1 Å². The van der Waals surface area contributed by atoms with E-state index >= 15 is 0 Å². The lowest BCUT2D eigenvalue weighted by Crippen LogP contribution is -1.96. The SMILES string of the molecule is O=[N+]([O-])c1nc(Cl)c2ccccc2n1. The lowest BCUT2D eigenvalue weighted by Gasteiger charge is -1.95. The van der Waals surface area contributed by atoms with Crippen LogP contribution in [-0.4, -0.2) is 14.9 Å². The van der Waals surface area contributed by atoms with Crippen molar-refractivity contribution in [2.75, 3.05) is 0 Å². The summed E-state index contributed by atoms with van der Waals surface area (Å²) in [7, 11) is 0. The molecule has 0 fully saturated rings. The lowest BCUT2D eigenvalue weighted by atomic mass is 10.2. The van der Waals surface area contributed by atoms with Crippen LogP contribution in [0.25, 0.3) is 10.9 Å². The van der Waals surface area contributed by atoms with Gasteiger partial charge in [-0.1, -0.05) is 22.1 Å². The summed E-state index contributed by atoms with van der Waals surface area (Å²) in [5, 5.41) is 11.1.